The van der Waals surface area contributed by atoms with Gasteiger partial charge in [-0.05, 0) is 44.0 Å². The minimum absolute atomic E-state index is 0.130. The highest BCUT2D eigenvalue weighted by molar-refractivity contribution is 5.94. The van der Waals surface area contributed by atoms with Crippen molar-refractivity contribution in [2.45, 2.75) is 39.8 Å². The number of pyridine rings is 1. The van der Waals surface area contributed by atoms with Gasteiger partial charge in [0.2, 0.25) is 0 Å². The van der Waals surface area contributed by atoms with Crippen LogP contribution in [0.4, 0.5) is 0 Å². The highest BCUT2D eigenvalue weighted by atomic mass is 16.1. The molecule has 130 valence electrons. The van der Waals surface area contributed by atoms with Crippen molar-refractivity contribution in [1.82, 2.24) is 19.9 Å². The summed E-state index contributed by atoms with van der Waals surface area (Å²) in [7, 11) is 0. The Bertz CT molecular complexity index is 868. The van der Waals surface area contributed by atoms with E-state index in [1.165, 1.54) is 0 Å². The summed E-state index contributed by atoms with van der Waals surface area (Å²) in [6, 6.07) is 11.7. The molecular formula is C20H24N4O. The van der Waals surface area contributed by atoms with Gasteiger partial charge in [-0.1, -0.05) is 26.0 Å². The van der Waals surface area contributed by atoms with E-state index in [1.807, 2.05) is 18.2 Å². The zero-order valence-electron chi connectivity index (χ0n) is 15.1. The number of fused-ring (bicyclic) bond motifs is 1. The van der Waals surface area contributed by atoms with Crippen LogP contribution in [0.5, 0.6) is 0 Å². The lowest BCUT2D eigenvalue weighted by molar-refractivity contribution is 0.0921. The number of para-hydroxylation sites is 2. The fourth-order valence-corrected chi connectivity index (χ4v) is 3.08. The number of benzene rings is 1. The highest BCUT2D eigenvalue weighted by Gasteiger charge is 2.26. The molecule has 3 rings (SSSR count). The van der Waals surface area contributed by atoms with Gasteiger partial charge in [-0.2, -0.15) is 0 Å². The molecule has 0 saturated heterocycles. The van der Waals surface area contributed by atoms with Gasteiger partial charge in [0.05, 0.1) is 22.6 Å². The number of hydrogen-bond acceptors (Lipinski definition) is 3. The Balaban J connectivity index is 2.03. The van der Waals surface area contributed by atoms with E-state index in [9.17, 15) is 4.79 Å². The molecule has 0 aliphatic heterocycles. The average molecular weight is 336 g/mol. The Morgan fingerprint density at radius 1 is 1.08 bits per heavy atom. The minimum Gasteiger partial charge on any atom is -0.342 e. The van der Waals surface area contributed by atoms with Gasteiger partial charge in [0.15, 0.2) is 0 Å². The maximum absolute atomic E-state index is 12.6. The second-order valence-corrected chi connectivity index (χ2v) is 6.86. The van der Waals surface area contributed by atoms with E-state index in [1.54, 1.807) is 24.5 Å². The van der Waals surface area contributed by atoms with Gasteiger partial charge in [0.25, 0.3) is 5.91 Å². The molecule has 3 aromatic rings. The van der Waals surface area contributed by atoms with E-state index in [0.29, 0.717) is 5.56 Å². The first-order chi connectivity index (χ1) is 12.0. The van der Waals surface area contributed by atoms with Crippen molar-refractivity contribution in [3.05, 3.63) is 60.2 Å². The normalized spacial score (nSPS) is 12.7. The number of imidazole rings is 1. The van der Waals surface area contributed by atoms with E-state index < -0.39 is 0 Å². The SMILES string of the molecule is CC(C)C(NC(=O)c1cccnc1)c1nc2ccccc2n1C(C)C. The molecule has 5 nitrogen and oxygen atoms in total. The largest absolute Gasteiger partial charge is 0.342 e. The molecule has 0 radical (unpaired) electrons. The van der Waals surface area contributed by atoms with E-state index >= 15 is 0 Å². The molecule has 25 heavy (non-hydrogen) atoms. The van der Waals surface area contributed by atoms with Crippen LogP contribution >= 0.6 is 0 Å². The fourth-order valence-electron chi connectivity index (χ4n) is 3.08. The zero-order chi connectivity index (χ0) is 18.0. The number of carbonyl (C=O) groups excluding carboxylic acids is 1. The second-order valence-electron chi connectivity index (χ2n) is 6.86. The van der Waals surface area contributed by atoms with E-state index in [0.717, 1.165) is 16.9 Å². The molecule has 0 saturated carbocycles. The van der Waals surface area contributed by atoms with Gasteiger partial charge in [-0.25, -0.2) is 4.98 Å². The number of aromatic nitrogens is 3. The standard InChI is InChI=1S/C20H24N4O/c1-13(2)18(23-20(25)15-8-7-11-21-12-15)19-22-16-9-5-6-10-17(16)24(19)14(3)4/h5-14,18H,1-4H3,(H,23,25). The summed E-state index contributed by atoms with van der Waals surface area (Å²) in [5.74, 6) is 0.965. The molecule has 1 atom stereocenters. The third kappa shape index (κ3) is 3.40. The number of carbonyl (C=O) groups is 1. The maximum Gasteiger partial charge on any atom is 0.253 e. The van der Waals surface area contributed by atoms with Crippen LogP contribution in [0.2, 0.25) is 0 Å². The van der Waals surface area contributed by atoms with Crippen molar-refractivity contribution in [3.63, 3.8) is 0 Å². The number of nitrogens with one attached hydrogen (secondary N) is 1. The number of amides is 1. The molecule has 0 aliphatic rings. The maximum atomic E-state index is 12.6. The smallest absolute Gasteiger partial charge is 0.253 e. The second kappa shape index (κ2) is 7.05. The van der Waals surface area contributed by atoms with Gasteiger partial charge in [0, 0.05) is 18.4 Å². The lowest BCUT2D eigenvalue weighted by Gasteiger charge is -2.24. The van der Waals surface area contributed by atoms with Crippen molar-refractivity contribution in [3.8, 4) is 0 Å². The van der Waals surface area contributed by atoms with Crippen molar-refractivity contribution >= 4 is 16.9 Å². The van der Waals surface area contributed by atoms with Crippen molar-refractivity contribution in [2.75, 3.05) is 0 Å². The van der Waals surface area contributed by atoms with Gasteiger partial charge >= 0.3 is 0 Å². The molecular weight excluding hydrogens is 312 g/mol. The third-order valence-electron chi connectivity index (χ3n) is 4.29. The Labute approximate surface area is 148 Å². The van der Waals surface area contributed by atoms with Crippen LogP contribution in [0.25, 0.3) is 11.0 Å². The van der Waals surface area contributed by atoms with E-state index in [-0.39, 0.29) is 23.9 Å². The molecule has 1 N–H and O–H groups in total. The van der Waals surface area contributed by atoms with E-state index in [4.69, 9.17) is 4.98 Å². The molecule has 1 unspecified atom stereocenters. The van der Waals surface area contributed by atoms with Crippen molar-refractivity contribution < 1.29 is 4.79 Å². The Kier molecular flexibility index (Phi) is 4.83. The summed E-state index contributed by atoms with van der Waals surface area (Å²) >= 11 is 0. The number of hydrogen-bond donors (Lipinski definition) is 1. The van der Waals surface area contributed by atoms with Crippen LogP contribution in [0, 0.1) is 5.92 Å². The van der Waals surface area contributed by atoms with Crippen molar-refractivity contribution in [2.24, 2.45) is 5.92 Å². The van der Waals surface area contributed by atoms with Crippen LogP contribution in [0.3, 0.4) is 0 Å². The Morgan fingerprint density at radius 2 is 1.84 bits per heavy atom. The summed E-state index contributed by atoms with van der Waals surface area (Å²) in [5.41, 5.74) is 2.60. The predicted molar refractivity (Wildman–Crippen MR) is 99.4 cm³/mol. The first kappa shape index (κ1) is 17.1. The van der Waals surface area contributed by atoms with Crippen LogP contribution < -0.4 is 5.32 Å². The van der Waals surface area contributed by atoms with E-state index in [2.05, 4.69) is 48.6 Å². The monoisotopic (exact) mass is 336 g/mol. The predicted octanol–water partition coefficient (Wildman–Crippen LogP) is 4.14. The highest BCUT2D eigenvalue weighted by Crippen LogP contribution is 2.29. The molecule has 0 fully saturated rings. The minimum atomic E-state index is -0.178. The molecule has 0 spiro atoms. The Morgan fingerprint density at radius 3 is 2.48 bits per heavy atom. The summed E-state index contributed by atoms with van der Waals surface area (Å²) < 4.78 is 2.21. The molecule has 1 amide bonds. The molecule has 2 heterocycles. The fraction of sp³-hybridized carbons (Fsp3) is 0.350. The topological polar surface area (TPSA) is 59.8 Å². The van der Waals surface area contributed by atoms with Gasteiger partial charge in [-0.3, -0.25) is 9.78 Å². The van der Waals surface area contributed by atoms with Gasteiger partial charge in [-0.15, -0.1) is 0 Å². The van der Waals surface area contributed by atoms with Crippen LogP contribution in [0.1, 0.15) is 56.0 Å². The van der Waals surface area contributed by atoms with Crippen LogP contribution in [-0.2, 0) is 0 Å². The summed E-state index contributed by atoms with van der Waals surface area (Å²) in [6.07, 6.45) is 3.24. The zero-order valence-corrected chi connectivity index (χ0v) is 15.1. The lowest BCUT2D eigenvalue weighted by Crippen LogP contribution is -2.34. The average Bonchev–Trinajstić information content (AvgIpc) is 2.99. The summed E-state index contributed by atoms with van der Waals surface area (Å²) in [4.78, 5) is 21.5. The summed E-state index contributed by atoms with van der Waals surface area (Å²) in [5, 5.41) is 3.14. The van der Waals surface area contributed by atoms with Gasteiger partial charge < -0.3 is 9.88 Å². The number of nitrogens with zero attached hydrogens (tertiary/aromatic N) is 3. The molecule has 0 bridgehead atoms. The van der Waals surface area contributed by atoms with Crippen LogP contribution in [0.15, 0.2) is 48.8 Å². The quantitative estimate of drug-likeness (QED) is 0.762. The van der Waals surface area contributed by atoms with Crippen molar-refractivity contribution in [1.29, 1.82) is 0 Å². The third-order valence-corrected chi connectivity index (χ3v) is 4.29. The summed E-state index contributed by atoms with van der Waals surface area (Å²) in [6.45, 7) is 8.46. The molecule has 2 aromatic heterocycles. The van der Waals surface area contributed by atoms with Crippen LogP contribution in [-0.4, -0.2) is 20.4 Å². The molecule has 1 aromatic carbocycles. The molecule has 5 heteroatoms. The Hall–Kier alpha value is -2.69. The first-order valence-corrected chi connectivity index (χ1v) is 8.66. The molecule has 0 aliphatic carbocycles. The lowest BCUT2D eigenvalue weighted by atomic mass is 10.0. The first-order valence-electron chi connectivity index (χ1n) is 8.66. The number of rotatable bonds is 5. The van der Waals surface area contributed by atoms with Gasteiger partial charge in [0.1, 0.15) is 5.82 Å².